The highest BCUT2D eigenvalue weighted by atomic mass is 35.5. The van der Waals surface area contributed by atoms with Crippen molar-refractivity contribution in [1.29, 1.82) is 0 Å². The highest BCUT2D eigenvalue weighted by Gasteiger charge is 2.07. The van der Waals surface area contributed by atoms with Crippen LogP contribution in [-0.2, 0) is 20.9 Å². The molecular weight excluding hydrogens is 272 g/mol. The minimum Gasteiger partial charge on any atom is -0.468 e. The molecule has 108 valence electrons. The molecule has 0 fully saturated rings. The van der Waals surface area contributed by atoms with E-state index in [1.807, 2.05) is 7.05 Å². The summed E-state index contributed by atoms with van der Waals surface area (Å²) in [6, 6.07) is 1.64. The second-order valence-corrected chi connectivity index (χ2v) is 3.73. The van der Waals surface area contributed by atoms with Crippen LogP contribution in [0.2, 0.25) is 0 Å². The van der Waals surface area contributed by atoms with Crippen LogP contribution in [0.15, 0.2) is 12.3 Å². The van der Waals surface area contributed by atoms with E-state index in [1.165, 1.54) is 11.8 Å². The topological polar surface area (TPSA) is 85.2 Å². The van der Waals surface area contributed by atoms with E-state index < -0.39 is 0 Å². The Kier molecular flexibility index (Phi) is 8.56. The standard InChI is InChI=1S/C11H18N4O3.ClH/c1-12-6-3-4-10(16)13-9-5-7-15(14-9)8-11(17)18-2;/h5,7,12H,3-4,6,8H2,1-2H3,(H,13,14,16);1H. The largest absolute Gasteiger partial charge is 0.468 e. The Balaban J connectivity index is 0.00000324. The third-order valence-electron chi connectivity index (χ3n) is 2.26. The number of methoxy groups -OCH3 is 1. The number of rotatable bonds is 7. The van der Waals surface area contributed by atoms with Gasteiger partial charge in [0.25, 0.3) is 0 Å². The summed E-state index contributed by atoms with van der Waals surface area (Å²) in [5.74, 6) is -0.0353. The van der Waals surface area contributed by atoms with E-state index in [-0.39, 0.29) is 30.8 Å². The van der Waals surface area contributed by atoms with Crippen LogP contribution in [0.3, 0.4) is 0 Å². The Morgan fingerprint density at radius 2 is 2.21 bits per heavy atom. The first-order valence-corrected chi connectivity index (χ1v) is 5.70. The van der Waals surface area contributed by atoms with E-state index in [9.17, 15) is 9.59 Å². The number of aromatic nitrogens is 2. The van der Waals surface area contributed by atoms with E-state index in [1.54, 1.807) is 12.3 Å². The van der Waals surface area contributed by atoms with Crippen LogP contribution in [0.25, 0.3) is 0 Å². The van der Waals surface area contributed by atoms with Gasteiger partial charge < -0.3 is 15.4 Å². The zero-order valence-corrected chi connectivity index (χ0v) is 11.8. The minimum absolute atomic E-state index is 0. The van der Waals surface area contributed by atoms with Crippen LogP contribution in [0.5, 0.6) is 0 Å². The average Bonchev–Trinajstić information content (AvgIpc) is 2.76. The molecule has 8 heteroatoms. The first-order chi connectivity index (χ1) is 8.65. The molecule has 0 spiro atoms. The highest BCUT2D eigenvalue weighted by molar-refractivity contribution is 5.89. The lowest BCUT2D eigenvalue weighted by atomic mass is 10.3. The lowest BCUT2D eigenvalue weighted by Crippen LogP contribution is -2.16. The molecule has 1 aromatic rings. The van der Waals surface area contributed by atoms with Gasteiger partial charge in [-0.2, -0.15) is 5.10 Å². The van der Waals surface area contributed by atoms with Gasteiger partial charge in [0.1, 0.15) is 6.54 Å². The summed E-state index contributed by atoms with van der Waals surface area (Å²) >= 11 is 0. The summed E-state index contributed by atoms with van der Waals surface area (Å²) in [4.78, 5) is 22.5. The number of carbonyl (C=O) groups excluding carboxylic acids is 2. The van der Waals surface area contributed by atoms with Gasteiger partial charge in [-0.3, -0.25) is 14.3 Å². The molecule has 2 N–H and O–H groups in total. The average molecular weight is 291 g/mol. The molecule has 0 aliphatic carbocycles. The number of nitrogens with zero attached hydrogens (tertiary/aromatic N) is 2. The van der Waals surface area contributed by atoms with Crippen molar-refractivity contribution in [1.82, 2.24) is 15.1 Å². The van der Waals surface area contributed by atoms with Crippen molar-refractivity contribution in [2.75, 3.05) is 26.0 Å². The number of amides is 1. The molecule has 7 nitrogen and oxygen atoms in total. The van der Waals surface area contributed by atoms with Gasteiger partial charge in [0, 0.05) is 18.7 Å². The molecule has 0 aliphatic heterocycles. The smallest absolute Gasteiger partial charge is 0.327 e. The molecule has 1 aromatic heterocycles. The normalized spacial score (nSPS) is 9.58. The molecule has 19 heavy (non-hydrogen) atoms. The van der Waals surface area contributed by atoms with Gasteiger partial charge in [0.15, 0.2) is 5.82 Å². The number of ether oxygens (including phenoxy) is 1. The zero-order chi connectivity index (χ0) is 13.4. The molecule has 0 atom stereocenters. The van der Waals surface area contributed by atoms with Crippen molar-refractivity contribution < 1.29 is 14.3 Å². The van der Waals surface area contributed by atoms with E-state index in [0.717, 1.165) is 13.0 Å². The molecule has 1 rings (SSSR count). The van der Waals surface area contributed by atoms with Crippen LogP contribution >= 0.6 is 12.4 Å². The number of anilines is 1. The zero-order valence-electron chi connectivity index (χ0n) is 11.0. The molecule has 0 saturated carbocycles. The molecule has 0 saturated heterocycles. The van der Waals surface area contributed by atoms with Crippen molar-refractivity contribution >= 4 is 30.1 Å². The molecule has 1 heterocycles. The summed E-state index contributed by atoms with van der Waals surface area (Å²) in [6.07, 6.45) is 2.82. The second kappa shape index (κ2) is 9.35. The summed E-state index contributed by atoms with van der Waals surface area (Å²) < 4.78 is 5.93. The lowest BCUT2D eigenvalue weighted by Gasteiger charge is -2.02. The number of hydrogen-bond donors (Lipinski definition) is 2. The van der Waals surface area contributed by atoms with Crippen molar-refractivity contribution in [3.05, 3.63) is 12.3 Å². The molecular formula is C11H19ClN4O3. The SMILES string of the molecule is CNCCCC(=O)Nc1ccn(CC(=O)OC)n1.Cl. The number of hydrogen-bond acceptors (Lipinski definition) is 5. The fourth-order valence-corrected chi connectivity index (χ4v) is 1.34. The van der Waals surface area contributed by atoms with Gasteiger partial charge in [0.05, 0.1) is 7.11 Å². The Hall–Kier alpha value is -1.60. The summed E-state index contributed by atoms with van der Waals surface area (Å²) in [5.41, 5.74) is 0. The third kappa shape index (κ3) is 6.78. The van der Waals surface area contributed by atoms with Crippen molar-refractivity contribution in [3.8, 4) is 0 Å². The first-order valence-electron chi connectivity index (χ1n) is 5.70. The molecule has 0 radical (unpaired) electrons. The van der Waals surface area contributed by atoms with E-state index in [2.05, 4.69) is 20.5 Å². The number of nitrogens with one attached hydrogen (secondary N) is 2. The van der Waals surface area contributed by atoms with Crippen LogP contribution < -0.4 is 10.6 Å². The Morgan fingerprint density at radius 3 is 2.84 bits per heavy atom. The van der Waals surface area contributed by atoms with Gasteiger partial charge in [-0.1, -0.05) is 0 Å². The van der Waals surface area contributed by atoms with E-state index in [0.29, 0.717) is 12.2 Å². The van der Waals surface area contributed by atoms with E-state index in [4.69, 9.17) is 0 Å². The summed E-state index contributed by atoms with van der Waals surface area (Å²) in [6.45, 7) is 0.830. The fourth-order valence-electron chi connectivity index (χ4n) is 1.34. The Morgan fingerprint density at radius 1 is 1.47 bits per heavy atom. The maximum absolute atomic E-state index is 11.5. The van der Waals surface area contributed by atoms with Crippen LogP contribution in [0, 0.1) is 0 Å². The van der Waals surface area contributed by atoms with Crippen LogP contribution in [0.1, 0.15) is 12.8 Å². The van der Waals surface area contributed by atoms with Gasteiger partial charge in [-0.05, 0) is 20.0 Å². The third-order valence-corrected chi connectivity index (χ3v) is 2.26. The van der Waals surface area contributed by atoms with Crippen LogP contribution in [-0.4, -0.2) is 42.4 Å². The number of esters is 1. The van der Waals surface area contributed by atoms with Crippen molar-refractivity contribution in [3.63, 3.8) is 0 Å². The summed E-state index contributed by atoms with van der Waals surface area (Å²) in [5, 5.41) is 9.66. The maximum Gasteiger partial charge on any atom is 0.327 e. The van der Waals surface area contributed by atoms with Crippen LogP contribution in [0.4, 0.5) is 5.82 Å². The molecule has 0 aliphatic rings. The molecule has 0 bridgehead atoms. The van der Waals surface area contributed by atoms with Gasteiger partial charge in [0.2, 0.25) is 5.91 Å². The Bertz CT molecular complexity index is 408. The molecule has 0 aromatic carbocycles. The van der Waals surface area contributed by atoms with E-state index >= 15 is 0 Å². The van der Waals surface area contributed by atoms with Crippen molar-refractivity contribution in [2.45, 2.75) is 19.4 Å². The molecule has 1 amide bonds. The van der Waals surface area contributed by atoms with Crippen molar-refractivity contribution in [2.24, 2.45) is 0 Å². The Labute approximate surface area is 118 Å². The second-order valence-electron chi connectivity index (χ2n) is 3.73. The van der Waals surface area contributed by atoms with Gasteiger partial charge in [-0.25, -0.2) is 0 Å². The number of carbonyl (C=O) groups is 2. The van der Waals surface area contributed by atoms with Gasteiger partial charge in [-0.15, -0.1) is 12.4 Å². The quantitative estimate of drug-likeness (QED) is 0.561. The predicted molar refractivity (Wildman–Crippen MR) is 73.3 cm³/mol. The minimum atomic E-state index is -0.384. The lowest BCUT2D eigenvalue weighted by molar-refractivity contribution is -0.141. The number of halogens is 1. The molecule has 0 unspecified atom stereocenters. The highest BCUT2D eigenvalue weighted by Crippen LogP contribution is 2.03. The maximum atomic E-state index is 11.5. The summed E-state index contributed by atoms with van der Waals surface area (Å²) in [7, 11) is 3.16. The fraction of sp³-hybridized carbons (Fsp3) is 0.545. The monoisotopic (exact) mass is 290 g/mol. The predicted octanol–water partition coefficient (Wildman–Crippen LogP) is 0.416. The first kappa shape index (κ1) is 17.4. The van der Waals surface area contributed by atoms with Gasteiger partial charge >= 0.3 is 5.97 Å².